The number of pyridine rings is 2. The topological polar surface area (TPSA) is 63.9 Å². The molecule has 3 aromatic heterocycles. The molecule has 0 saturated heterocycles. The maximum Gasteiger partial charge on any atom is 0.260 e. The second-order valence-electron chi connectivity index (χ2n) is 7.67. The Bertz CT molecular complexity index is 1250. The van der Waals surface area contributed by atoms with Crippen LogP contribution in [0.4, 0.5) is 5.82 Å². The minimum atomic E-state index is -0.122. The van der Waals surface area contributed by atoms with Crippen LogP contribution in [0.25, 0.3) is 22.3 Å². The minimum Gasteiger partial charge on any atom is -0.293 e. The molecule has 31 heavy (non-hydrogen) atoms. The molecule has 0 aliphatic rings. The highest BCUT2D eigenvalue weighted by Crippen LogP contribution is 2.29. The predicted molar refractivity (Wildman–Crippen MR) is 127 cm³/mol. The zero-order chi connectivity index (χ0) is 22.1. The van der Waals surface area contributed by atoms with Gasteiger partial charge in [-0.3, -0.25) is 9.69 Å². The predicted octanol–water partition coefficient (Wildman–Crippen LogP) is 5.81. The van der Waals surface area contributed by atoms with E-state index in [0.717, 1.165) is 26.7 Å². The minimum absolute atomic E-state index is 0.121. The fourth-order valence-corrected chi connectivity index (χ4v) is 3.89. The van der Waals surface area contributed by atoms with Gasteiger partial charge in [-0.1, -0.05) is 24.3 Å². The van der Waals surface area contributed by atoms with E-state index >= 15 is 0 Å². The molecule has 3 heterocycles. The molecule has 0 fully saturated rings. The maximum atomic E-state index is 13.7. The third-order valence-corrected chi connectivity index (χ3v) is 5.73. The summed E-state index contributed by atoms with van der Waals surface area (Å²) in [6, 6.07) is 13.8. The summed E-state index contributed by atoms with van der Waals surface area (Å²) < 4.78 is 2.73. The van der Waals surface area contributed by atoms with Crippen LogP contribution >= 0.6 is 15.9 Å². The van der Waals surface area contributed by atoms with Gasteiger partial charge in [0.15, 0.2) is 5.65 Å². The van der Waals surface area contributed by atoms with Crippen molar-refractivity contribution >= 4 is 38.7 Å². The zero-order valence-corrected chi connectivity index (χ0v) is 19.6. The average Bonchev–Trinajstić information content (AvgIpc) is 3.19. The van der Waals surface area contributed by atoms with E-state index in [0.29, 0.717) is 23.6 Å². The highest BCUT2D eigenvalue weighted by Gasteiger charge is 2.24. The van der Waals surface area contributed by atoms with Crippen LogP contribution in [0, 0.1) is 6.92 Å². The third kappa shape index (κ3) is 3.97. The Labute approximate surface area is 190 Å². The number of carbonyl (C=O) groups excluding carboxylic acids is 1. The molecule has 7 heteroatoms. The molecule has 0 bridgehead atoms. The first-order valence-electron chi connectivity index (χ1n) is 10.3. The van der Waals surface area contributed by atoms with Gasteiger partial charge in [0.1, 0.15) is 5.82 Å². The number of anilines is 1. The molecular formula is C24H24BrN5O. The molecule has 0 N–H and O–H groups in total. The van der Waals surface area contributed by atoms with E-state index in [1.54, 1.807) is 17.3 Å². The summed E-state index contributed by atoms with van der Waals surface area (Å²) >= 11 is 3.40. The summed E-state index contributed by atoms with van der Waals surface area (Å²) in [5.41, 5.74) is 4.14. The molecule has 4 aromatic rings. The van der Waals surface area contributed by atoms with Gasteiger partial charge in [0.05, 0.1) is 22.8 Å². The second-order valence-corrected chi connectivity index (χ2v) is 8.59. The van der Waals surface area contributed by atoms with Crippen molar-refractivity contribution in [2.24, 2.45) is 0 Å². The zero-order valence-electron chi connectivity index (χ0n) is 18.0. The van der Waals surface area contributed by atoms with Crippen LogP contribution in [0.15, 0.2) is 59.3 Å². The van der Waals surface area contributed by atoms with Crippen LogP contribution in [0.5, 0.6) is 0 Å². The van der Waals surface area contributed by atoms with Gasteiger partial charge in [-0.25, -0.2) is 14.6 Å². The van der Waals surface area contributed by atoms with Crippen molar-refractivity contribution in [2.75, 3.05) is 11.4 Å². The van der Waals surface area contributed by atoms with Crippen molar-refractivity contribution in [1.82, 2.24) is 19.7 Å². The highest BCUT2D eigenvalue weighted by molar-refractivity contribution is 9.10. The Kier molecular flexibility index (Phi) is 5.87. The second kappa shape index (κ2) is 8.59. The average molecular weight is 478 g/mol. The summed E-state index contributed by atoms with van der Waals surface area (Å²) in [6.45, 7) is 8.60. The van der Waals surface area contributed by atoms with Gasteiger partial charge in [0.2, 0.25) is 0 Å². The number of nitrogens with zero attached hydrogens (tertiary/aromatic N) is 5. The molecule has 1 aromatic carbocycles. The summed E-state index contributed by atoms with van der Waals surface area (Å²) in [6.07, 6.45) is 3.43. The van der Waals surface area contributed by atoms with E-state index in [-0.39, 0.29) is 11.9 Å². The van der Waals surface area contributed by atoms with E-state index in [2.05, 4.69) is 39.9 Å². The van der Waals surface area contributed by atoms with Crippen LogP contribution in [-0.4, -0.2) is 32.2 Å². The summed E-state index contributed by atoms with van der Waals surface area (Å²) in [7, 11) is 0. The van der Waals surface area contributed by atoms with Gasteiger partial charge >= 0.3 is 0 Å². The number of halogens is 1. The first-order chi connectivity index (χ1) is 14.9. The Hall–Kier alpha value is -3.06. The number of carbonyl (C=O) groups is 1. The third-order valence-electron chi connectivity index (χ3n) is 5.26. The van der Waals surface area contributed by atoms with Gasteiger partial charge in [-0.2, -0.15) is 5.10 Å². The van der Waals surface area contributed by atoms with Crippen molar-refractivity contribution in [3.63, 3.8) is 0 Å². The van der Waals surface area contributed by atoms with Gasteiger partial charge in [0.25, 0.3) is 5.91 Å². The number of fused-ring (bicyclic) bond motifs is 1. The number of rotatable bonds is 5. The maximum absolute atomic E-state index is 13.7. The van der Waals surface area contributed by atoms with E-state index < -0.39 is 0 Å². The molecular weight excluding hydrogens is 454 g/mol. The first-order valence-corrected chi connectivity index (χ1v) is 11.1. The van der Waals surface area contributed by atoms with E-state index in [1.807, 2.05) is 61.0 Å². The van der Waals surface area contributed by atoms with Gasteiger partial charge < -0.3 is 0 Å². The molecule has 0 saturated carbocycles. The summed E-state index contributed by atoms with van der Waals surface area (Å²) in [5.74, 6) is 0.484. The normalized spacial score (nSPS) is 11.3. The van der Waals surface area contributed by atoms with Crippen LogP contribution in [0.1, 0.15) is 42.7 Å². The number of benzene rings is 1. The fourth-order valence-electron chi connectivity index (χ4n) is 3.65. The molecule has 4 rings (SSSR count). The van der Waals surface area contributed by atoms with Crippen molar-refractivity contribution in [3.05, 3.63) is 70.5 Å². The smallest absolute Gasteiger partial charge is 0.260 e. The lowest BCUT2D eigenvalue weighted by molar-refractivity contribution is 0.0989. The molecule has 0 unspecified atom stereocenters. The first kappa shape index (κ1) is 21.2. The quantitative estimate of drug-likeness (QED) is 0.363. The molecule has 0 spiro atoms. The van der Waals surface area contributed by atoms with Crippen LogP contribution in [0.2, 0.25) is 0 Å². The SMILES string of the molecule is CCN(C(=O)c1cc(-c2ccccc2C)nc2c1cnn2C(C)C)c1ccc(Br)cn1. The summed E-state index contributed by atoms with van der Waals surface area (Å²) in [5, 5.41) is 5.27. The lowest BCUT2D eigenvalue weighted by Gasteiger charge is -2.21. The van der Waals surface area contributed by atoms with Gasteiger partial charge in [0, 0.05) is 28.8 Å². The lowest BCUT2D eigenvalue weighted by Crippen LogP contribution is -2.31. The summed E-state index contributed by atoms with van der Waals surface area (Å²) in [4.78, 5) is 24.7. The highest BCUT2D eigenvalue weighted by atomic mass is 79.9. The molecule has 158 valence electrons. The standard InChI is InChI=1S/C24H24BrN5O/c1-5-29(22-11-10-17(25)13-26-22)24(31)19-12-21(18-9-7-6-8-16(18)4)28-23-20(19)14-27-30(23)15(2)3/h6-15H,5H2,1-4H3. The largest absolute Gasteiger partial charge is 0.293 e. The molecule has 0 aliphatic heterocycles. The molecule has 6 nitrogen and oxygen atoms in total. The molecule has 1 amide bonds. The van der Waals surface area contributed by atoms with Crippen molar-refractivity contribution in [2.45, 2.75) is 33.7 Å². The Morgan fingerprint density at radius 1 is 1.16 bits per heavy atom. The van der Waals surface area contributed by atoms with Crippen molar-refractivity contribution < 1.29 is 4.79 Å². The van der Waals surface area contributed by atoms with Crippen LogP contribution < -0.4 is 4.90 Å². The Balaban J connectivity index is 1.92. The molecule has 0 aliphatic carbocycles. The Morgan fingerprint density at radius 3 is 2.58 bits per heavy atom. The molecule has 0 radical (unpaired) electrons. The number of aromatic nitrogens is 4. The van der Waals surface area contributed by atoms with E-state index in [4.69, 9.17) is 4.98 Å². The van der Waals surface area contributed by atoms with Crippen molar-refractivity contribution in [3.8, 4) is 11.3 Å². The number of hydrogen-bond donors (Lipinski definition) is 0. The van der Waals surface area contributed by atoms with Crippen LogP contribution in [0.3, 0.4) is 0 Å². The molecule has 0 atom stereocenters. The van der Waals surface area contributed by atoms with Crippen molar-refractivity contribution in [1.29, 1.82) is 0 Å². The number of amides is 1. The van der Waals surface area contributed by atoms with Gasteiger partial charge in [-0.05, 0) is 67.4 Å². The Morgan fingerprint density at radius 2 is 1.94 bits per heavy atom. The van der Waals surface area contributed by atoms with E-state index in [1.165, 1.54) is 0 Å². The fraction of sp³-hybridized carbons (Fsp3) is 0.250. The number of aryl methyl sites for hydroxylation is 1. The lowest BCUT2D eigenvalue weighted by atomic mass is 10.0. The van der Waals surface area contributed by atoms with E-state index in [9.17, 15) is 4.79 Å². The van der Waals surface area contributed by atoms with Crippen LogP contribution in [-0.2, 0) is 0 Å². The van der Waals surface area contributed by atoms with Gasteiger partial charge in [-0.15, -0.1) is 0 Å². The number of hydrogen-bond acceptors (Lipinski definition) is 4. The monoisotopic (exact) mass is 477 g/mol.